The SMILES string of the molecule is COc1ccc2cc1OCC(=O)NCCCC(NC(=O)[C@@H](C)N)C(=O)N[C@@H](Cc1ccccc1)C(=O)N[C@H](C(C)C)C(=O)NCCC2.Cl. The summed E-state index contributed by atoms with van der Waals surface area (Å²) >= 11 is 0. The lowest BCUT2D eigenvalue weighted by Gasteiger charge is -2.27. The molecule has 0 saturated heterocycles. The molecule has 1 heterocycles. The van der Waals surface area contributed by atoms with Crippen LogP contribution in [0.5, 0.6) is 11.5 Å². The molecule has 2 aromatic rings. The fraction of sp³-hybridized carbons (Fsp3) is 0.500. The van der Waals surface area contributed by atoms with Crippen LogP contribution in [0, 0.1) is 5.92 Å². The van der Waals surface area contributed by atoms with Crippen LogP contribution in [0.15, 0.2) is 48.5 Å². The second kappa shape index (κ2) is 20.1. The lowest BCUT2D eigenvalue weighted by molar-refractivity contribution is -0.134. The number of ether oxygens (including phenoxy) is 2. The summed E-state index contributed by atoms with van der Waals surface area (Å²) < 4.78 is 11.1. The average molecular weight is 689 g/mol. The molecule has 13 nitrogen and oxygen atoms in total. The third-order valence-electron chi connectivity index (χ3n) is 7.73. The summed E-state index contributed by atoms with van der Waals surface area (Å²) in [6.45, 7) is 5.46. The Morgan fingerprint density at radius 1 is 0.958 bits per heavy atom. The van der Waals surface area contributed by atoms with E-state index in [1.54, 1.807) is 12.1 Å². The van der Waals surface area contributed by atoms with Gasteiger partial charge in [0.2, 0.25) is 23.6 Å². The van der Waals surface area contributed by atoms with E-state index < -0.39 is 41.9 Å². The summed E-state index contributed by atoms with van der Waals surface area (Å²) in [4.78, 5) is 65.7. The number of fused-ring (bicyclic) bond motifs is 2. The van der Waals surface area contributed by atoms with Gasteiger partial charge in [0, 0.05) is 19.5 Å². The van der Waals surface area contributed by atoms with Crippen molar-refractivity contribution in [3.05, 3.63) is 59.7 Å². The first kappa shape index (κ1) is 39.8. The average Bonchev–Trinajstić information content (AvgIpc) is 3.05. The van der Waals surface area contributed by atoms with E-state index in [9.17, 15) is 24.0 Å². The van der Waals surface area contributed by atoms with Crippen LogP contribution in [-0.4, -0.2) is 80.5 Å². The van der Waals surface area contributed by atoms with Crippen molar-refractivity contribution in [2.45, 2.75) is 77.0 Å². The van der Waals surface area contributed by atoms with E-state index in [1.807, 2.05) is 50.2 Å². The molecule has 2 bridgehead atoms. The largest absolute Gasteiger partial charge is 0.493 e. The summed E-state index contributed by atoms with van der Waals surface area (Å²) in [6.07, 6.45) is 1.86. The normalized spacial score (nSPS) is 20.9. The van der Waals surface area contributed by atoms with E-state index in [0.29, 0.717) is 37.3 Å². The number of benzene rings is 2. The minimum absolute atomic E-state index is 0. The van der Waals surface area contributed by atoms with Gasteiger partial charge in [0.15, 0.2) is 18.1 Å². The van der Waals surface area contributed by atoms with Gasteiger partial charge in [-0.3, -0.25) is 24.0 Å². The molecule has 3 rings (SSSR count). The molecule has 4 atom stereocenters. The van der Waals surface area contributed by atoms with Gasteiger partial charge < -0.3 is 41.8 Å². The second-order valence-corrected chi connectivity index (χ2v) is 12.0. The van der Waals surface area contributed by atoms with Crippen LogP contribution >= 0.6 is 12.4 Å². The zero-order valence-corrected chi connectivity index (χ0v) is 28.8. The number of methoxy groups -OCH3 is 1. The summed E-state index contributed by atoms with van der Waals surface area (Å²) in [6, 6.07) is 10.8. The predicted octanol–water partition coefficient (Wildman–Crippen LogP) is 1.15. The van der Waals surface area contributed by atoms with Crippen molar-refractivity contribution in [1.29, 1.82) is 0 Å². The van der Waals surface area contributed by atoms with Crippen molar-refractivity contribution in [3.63, 3.8) is 0 Å². The van der Waals surface area contributed by atoms with Crippen molar-refractivity contribution in [3.8, 4) is 11.5 Å². The molecule has 0 aromatic heterocycles. The maximum Gasteiger partial charge on any atom is 0.257 e. The first-order chi connectivity index (χ1) is 22.5. The third-order valence-corrected chi connectivity index (χ3v) is 7.73. The highest BCUT2D eigenvalue weighted by molar-refractivity contribution is 5.95. The van der Waals surface area contributed by atoms with Gasteiger partial charge in [0.05, 0.1) is 13.2 Å². The number of aryl methyl sites for hydroxylation is 1. The Hall–Kier alpha value is -4.36. The summed E-state index contributed by atoms with van der Waals surface area (Å²) in [5, 5.41) is 14.0. The number of rotatable bonds is 6. The highest BCUT2D eigenvalue weighted by Gasteiger charge is 2.31. The Labute approximate surface area is 288 Å². The van der Waals surface area contributed by atoms with E-state index in [1.165, 1.54) is 14.0 Å². The van der Waals surface area contributed by atoms with Crippen LogP contribution in [0.4, 0.5) is 0 Å². The highest BCUT2D eigenvalue weighted by Crippen LogP contribution is 2.28. The zero-order chi connectivity index (χ0) is 34.3. The van der Waals surface area contributed by atoms with Gasteiger partial charge in [-0.05, 0) is 61.8 Å². The molecule has 1 aliphatic heterocycles. The third kappa shape index (κ3) is 12.7. The number of halogens is 1. The number of hydrogen-bond acceptors (Lipinski definition) is 8. The number of amides is 5. The molecule has 48 heavy (non-hydrogen) atoms. The van der Waals surface area contributed by atoms with Crippen molar-refractivity contribution in [2.75, 3.05) is 26.8 Å². The monoisotopic (exact) mass is 688 g/mol. The minimum atomic E-state index is -1.05. The molecule has 0 radical (unpaired) electrons. The molecule has 1 unspecified atom stereocenters. The van der Waals surface area contributed by atoms with Gasteiger partial charge in [-0.2, -0.15) is 0 Å². The summed E-state index contributed by atoms with van der Waals surface area (Å²) in [5.74, 6) is -1.74. The Kier molecular flexibility index (Phi) is 16.7. The van der Waals surface area contributed by atoms with Crippen LogP contribution in [0.3, 0.4) is 0 Å². The summed E-state index contributed by atoms with van der Waals surface area (Å²) in [5.41, 5.74) is 7.49. The molecule has 0 saturated carbocycles. The van der Waals surface area contributed by atoms with Crippen molar-refractivity contribution in [1.82, 2.24) is 26.6 Å². The van der Waals surface area contributed by atoms with E-state index in [4.69, 9.17) is 15.2 Å². The van der Waals surface area contributed by atoms with Gasteiger partial charge in [-0.1, -0.05) is 50.2 Å². The Morgan fingerprint density at radius 3 is 2.33 bits per heavy atom. The molecule has 0 fully saturated rings. The number of nitrogens with two attached hydrogens (primary N) is 1. The van der Waals surface area contributed by atoms with E-state index in [-0.39, 0.29) is 56.1 Å². The molecular formula is C34H49ClN6O7. The summed E-state index contributed by atoms with van der Waals surface area (Å²) in [7, 11) is 1.51. The number of carbonyl (C=O) groups is 5. The van der Waals surface area contributed by atoms with E-state index in [0.717, 1.165) is 11.1 Å². The minimum Gasteiger partial charge on any atom is -0.493 e. The first-order valence-corrected chi connectivity index (χ1v) is 16.0. The maximum atomic E-state index is 13.7. The van der Waals surface area contributed by atoms with Gasteiger partial charge in [-0.25, -0.2) is 0 Å². The number of hydrogen-bond donors (Lipinski definition) is 6. The zero-order valence-electron chi connectivity index (χ0n) is 28.0. The molecule has 2 aromatic carbocycles. The highest BCUT2D eigenvalue weighted by atomic mass is 35.5. The molecule has 7 N–H and O–H groups in total. The maximum absolute atomic E-state index is 13.7. The van der Waals surface area contributed by atoms with Crippen LogP contribution in [0.25, 0.3) is 0 Å². The second-order valence-electron chi connectivity index (χ2n) is 12.0. The Morgan fingerprint density at radius 2 is 1.67 bits per heavy atom. The molecule has 0 spiro atoms. The van der Waals surface area contributed by atoms with Crippen molar-refractivity contribution >= 4 is 41.9 Å². The number of nitrogens with one attached hydrogen (secondary N) is 5. The Bertz CT molecular complexity index is 1380. The quantitative estimate of drug-likeness (QED) is 0.261. The van der Waals surface area contributed by atoms with Crippen LogP contribution in [-0.2, 0) is 36.8 Å². The van der Waals surface area contributed by atoms with Crippen molar-refractivity contribution in [2.24, 2.45) is 11.7 Å². The van der Waals surface area contributed by atoms with Gasteiger partial charge in [0.25, 0.3) is 5.91 Å². The Balaban J connectivity index is 0.00000800. The topological polar surface area (TPSA) is 190 Å². The molecular weight excluding hydrogens is 640 g/mol. The predicted molar refractivity (Wildman–Crippen MR) is 184 cm³/mol. The molecule has 0 aliphatic carbocycles. The van der Waals surface area contributed by atoms with Gasteiger partial charge in [0.1, 0.15) is 18.1 Å². The van der Waals surface area contributed by atoms with Crippen LogP contribution in [0.2, 0.25) is 0 Å². The molecule has 14 heteroatoms. The van der Waals surface area contributed by atoms with Crippen LogP contribution in [0.1, 0.15) is 51.2 Å². The number of carbonyl (C=O) groups excluding carboxylic acids is 5. The standard InChI is InChI=1S/C34H48N6O7.ClH/c1-21(2)30-34(45)37-17-8-12-24-14-15-27(46-4)28(19-24)47-20-29(41)36-16-9-13-25(38-31(42)22(3)35)32(43)39-26(33(44)40-30)18-23-10-6-5-7-11-23;/h5-7,10-11,14-15,19,21-22,25-26,30H,8-9,12-13,16-18,20,35H2,1-4H3,(H,36,41)(H,37,45)(H,38,42)(H,39,43)(H,40,44);1H/t22-,25?,26+,30-;/m1./s1. The van der Waals surface area contributed by atoms with Crippen molar-refractivity contribution < 1.29 is 33.4 Å². The first-order valence-electron chi connectivity index (χ1n) is 16.0. The fourth-order valence-corrected chi connectivity index (χ4v) is 5.02. The smallest absolute Gasteiger partial charge is 0.257 e. The molecule has 1 aliphatic rings. The molecule has 264 valence electrons. The van der Waals surface area contributed by atoms with E-state index >= 15 is 0 Å². The van der Waals surface area contributed by atoms with Gasteiger partial charge >= 0.3 is 0 Å². The lowest BCUT2D eigenvalue weighted by Crippen LogP contribution is -2.59. The fourth-order valence-electron chi connectivity index (χ4n) is 5.02. The van der Waals surface area contributed by atoms with Crippen LogP contribution < -0.4 is 41.8 Å². The lowest BCUT2D eigenvalue weighted by atomic mass is 10.00. The van der Waals surface area contributed by atoms with Gasteiger partial charge in [-0.15, -0.1) is 12.4 Å². The molecule has 5 amide bonds. The van der Waals surface area contributed by atoms with E-state index in [2.05, 4.69) is 26.6 Å².